The molecule has 0 saturated carbocycles. The molecule has 4 heteroatoms. The van der Waals surface area contributed by atoms with Crippen LogP contribution in [-0.2, 0) is 0 Å². The second-order valence-corrected chi connectivity index (χ2v) is 6.68. The Morgan fingerprint density at radius 2 is 0.893 bits per heavy atom. The van der Waals surface area contributed by atoms with Crippen LogP contribution in [0.25, 0.3) is 0 Å². The van der Waals surface area contributed by atoms with Crippen LogP contribution >= 0.6 is 0 Å². The van der Waals surface area contributed by atoms with E-state index in [2.05, 4.69) is 0 Å². The Balaban J connectivity index is 1.61. The first kappa shape index (κ1) is 19.7. The fraction of sp³-hybridized carbons (Fsp3) is 0.167. The highest BCUT2D eigenvalue weighted by Crippen LogP contribution is 2.21. The van der Waals surface area contributed by atoms with Crippen molar-refractivity contribution in [3.63, 3.8) is 0 Å². The zero-order valence-corrected chi connectivity index (χ0v) is 15.4. The fourth-order valence-electron chi connectivity index (χ4n) is 3.02. The Labute approximate surface area is 164 Å². The minimum atomic E-state index is -0.865. The highest BCUT2D eigenvalue weighted by atomic mass is 16.3. The van der Waals surface area contributed by atoms with Crippen LogP contribution in [0.2, 0.25) is 0 Å². The lowest BCUT2D eigenvalue weighted by atomic mass is 9.97. The summed E-state index contributed by atoms with van der Waals surface area (Å²) in [6, 6.07) is 24.4. The molecule has 0 unspecified atom stereocenters. The normalized spacial score (nSPS) is 12.9. The first-order valence-electron chi connectivity index (χ1n) is 9.17. The molecule has 142 valence electrons. The lowest BCUT2D eigenvalue weighted by molar-refractivity contribution is 0.0866. The van der Waals surface area contributed by atoms with Crippen molar-refractivity contribution in [3.8, 4) is 0 Å². The summed E-state index contributed by atoms with van der Waals surface area (Å²) >= 11 is 0. The number of aliphatic hydroxyl groups excluding tert-OH is 2. The first-order chi connectivity index (χ1) is 13.5. The van der Waals surface area contributed by atoms with Crippen molar-refractivity contribution in [1.29, 1.82) is 0 Å². The van der Waals surface area contributed by atoms with E-state index in [1.165, 1.54) is 0 Å². The summed E-state index contributed by atoms with van der Waals surface area (Å²) in [4.78, 5) is 24.8. The molecule has 0 radical (unpaired) electrons. The molecule has 0 heterocycles. The van der Waals surface area contributed by atoms with Gasteiger partial charge in [0.15, 0.2) is 11.6 Å². The molecule has 2 N–H and O–H groups in total. The molecule has 0 aliphatic rings. The predicted octanol–water partition coefficient (Wildman–Crippen LogP) is 4.30. The molecule has 3 aromatic rings. The number of rotatable bonds is 8. The van der Waals surface area contributed by atoms with Crippen molar-refractivity contribution in [2.45, 2.75) is 25.0 Å². The highest BCUT2D eigenvalue weighted by molar-refractivity contribution is 5.99. The van der Waals surface area contributed by atoms with Crippen LogP contribution in [0.4, 0.5) is 0 Å². The SMILES string of the molecule is O=C(C[C@@H](O)c1ccccc1)c1ccc(C(=O)C[C@@H](O)c2ccccc2)cc1. The molecule has 0 aromatic heterocycles. The zero-order valence-electron chi connectivity index (χ0n) is 15.4. The maximum atomic E-state index is 12.4. The predicted molar refractivity (Wildman–Crippen MR) is 107 cm³/mol. The molecule has 0 fully saturated rings. The average molecular weight is 374 g/mol. The van der Waals surface area contributed by atoms with Gasteiger partial charge in [-0.1, -0.05) is 84.9 Å². The highest BCUT2D eigenvalue weighted by Gasteiger charge is 2.17. The van der Waals surface area contributed by atoms with Gasteiger partial charge in [-0.3, -0.25) is 9.59 Å². The summed E-state index contributed by atoms with van der Waals surface area (Å²) in [5, 5.41) is 20.4. The topological polar surface area (TPSA) is 74.6 Å². The minimum absolute atomic E-state index is 0.0238. The van der Waals surface area contributed by atoms with Crippen LogP contribution in [0.15, 0.2) is 84.9 Å². The monoisotopic (exact) mass is 374 g/mol. The Bertz CT molecular complexity index is 839. The number of hydrogen-bond acceptors (Lipinski definition) is 4. The van der Waals surface area contributed by atoms with Crippen molar-refractivity contribution < 1.29 is 19.8 Å². The standard InChI is InChI=1S/C24H22O4/c25-21(17-7-3-1-4-8-17)15-23(27)19-11-13-20(14-12-19)24(28)16-22(26)18-9-5-2-6-10-18/h1-14,21-22,25-26H,15-16H2/t21-,22-/m1/s1. The van der Waals surface area contributed by atoms with Crippen LogP contribution in [0, 0.1) is 0 Å². The van der Waals surface area contributed by atoms with Gasteiger partial charge < -0.3 is 10.2 Å². The van der Waals surface area contributed by atoms with E-state index in [4.69, 9.17) is 0 Å². The number of carbonyl (C=O) groups excluding carboxylic acids is 2. The van der Waals surface area contributed by atoms with Crippen LogP contribution in [-0.4, -0.2) is 21.8 Å². The molecule has 2 atom stereocenters. The summed E-state index contributed by atoms with van der Waals surface area (Å²) in [7, 11) is 0. The number of ketones is 2. The van der Waals surface area contributed by atoms with Crippen molar-refractivity contribution >= 4 is 11.6 Å². The lowest BCUT2D eigenvalue weighted by Gasteiger charge is -2.11. The van der Waals surface area contributed by atoms with Crippen molar-refractivity contribution in [2.24, 2.45) is 0 Å². The maximum Gasteiger partial charge on any atom is 0.165 e. The molecule has 28 heavy (non-hydrogen) atoms. The summed E-state index contributed by atoms with van der Waals surface area (Å²) in [5.41, 5.74) is 2.26. The van der Waals surface area contributed by atoms with E-state index in [0.717, 1.165) is 0 Å². The van der Waals surface area contributed by atoms with Crippen molar-refractivity contribution in [2.75, 3.05) is 0 Å². The Kier molecular flexibility index (Phi) is 6.48. The number of aliphatic hydroxyl groups is 2. The molecule has 0 saturated heterocycles. The van der Waals surface area contributed by atoms with E-state index in [1.807, 2.05) is 36.4 Å². The number of benzene rings is 3. The molecule has 4 nitrogen and oxygen atoms in total. The van der Waals surface area contributed by atoms with Crippen molar-refractivity contribution in [3.05, 3.63) is 107 Å². The Morgan fingerprint density at radius 3 is 1.21 bits per heavy atom. The molecule has 3 aromatic carbocycles. The molecular formula is C24H22O4. The first-order valence-corrected chi connectivity index (χ1v) is 9.17. The summed E-state index contributed by atoms with van der Waals surface area (Å²) in [6.07, 6.45) is -1.78. The van der Waals surface area contributed by atoms with Gasteiger partial charge >= 0.3 is 0 Å². The maximum absolute atomic E-state index is 12.4. The molecule has 0 aliphatic carbocycles. The summed E-state index contributed by atoms with van der Waals surface area (Å²) in [5.74, 6) is -0.389. The van der Waals surface area contributed by atoms with Gasteiger partial charge in [-0.05, 0) is 11.1 Å². The molecular weight excluding hydrogens is 352 g/mol. The van der Waals surface area contributed by atoms with Gasteiger partial charge in [0.2, 0.25) is 0 Å². The van der Waals surface area contributed by atoms with E-state index in [0.29, 0.717) is 22.3 Å². The van der Waals surface area contributed by atoms with Gasteiger partial charge in [-0.2, -0.15) is 0 Å². The minimum Gasteiger partial charge on any atom is -0.388 e. The second kappa shape index (κ2) is 9.22. The Morgan fingerprint density at radius 1 is 0.571 bits per heavy atom. The second-order valence-electron chi connectivity index (χ2n) is 6.68. The van der Waals surface area contributed by atoms with Gasteiger partial charge in [-0.15, -0.1) is 0 Å². The molecule has 0 bridgehead atoms. The molecule has 0 spiro atoms. The van der Waals surface area contributed by atoms with Crippen LogP contribution in [0.5, 0.6) is 0 Å². The van der Waals surface area contributed by atoms with E-state index in [-0.39, 0.29) is 24.4 Å². The van der Waals surface area contributed by atoms with Crippen LogP contribution in [0.1, 0.15) is 56.9 Å². The zero-order chi connectivity index (χ0) is 19.9. The van der Waals surface area contributed by atoms with Crippen molar-refractivity contribution in [1.82, 2.24) is 0 Å². The third-order valence-corrected chi connectivity index (χ3v) is 4.66. The number of carbonyl (C=O) groups is 2. The van der Waals surface area contributed by atoms with Crippen LogP contribution in [0.3, 0.4) is 0 Å². The van der Waals surface area contributed by atoms with Gasteiger partial charge in [0.25, 0.3) is 0 Å². The average Bonchev–Trinajstić information content (AvgIpc) is 2.75. The van der Waals surface area contributed by atoms with E-state index in [1.54, 1.807) is 48.5 Å². The molecule has 3 rings (SSSR count). The summed E-state index contributed by atoms with van der Waals surface area (Å²) < 4.78 is 0. The Hall–Kier alpha value is -3.08. The van der Waals surface area contributed by atoms with Gasteiger partial charge in [-0.25, -0.2) is 0 Å². The van der Waals surface area contributed by atoms with Gasteiger partial charge in [0.1, 0.15) is 0 Å². The third-order valence-electron chi connectivity index (χ3n) is 4.66. The van der Waals surface area contributed by atoms with E-state index >= 15 is 0 Å². The van der Waals surface area contributed by atoms with Gasteiger partial charge in [0, 0.05) is 24.0 Å². The van der Waals surface area contributed by atoms with E-state index in [9.17, 15) is 19.8 Å². The van der Waals surface area contributed by atoms with Crippen LogP contribution < -0.4 is 0 Å². The summed E-state index contributed by atoms with van der Waals surface area (Å²) in [6.45, 7) is 0. The smallest absolute Gasteiger partial charge is 0.165 e. The number of hydrogen-bond donors (Lipinski definition) is 2. The molecule has 0 aliphatic heterocycles. The third kappa shape index (κ3) is 5.00. The molecule has 0 amide bonds. The van der Waals surface area contributed by atoms with Gasteiger partial charge in [0.05, 0.1) is 12.2 Å². The van der Waals surface area contributed by atoms with E-state index < -0.39 is 12.2 Å². The quantitative estimate of drug-likeness (QED) is 0.577. The fourth-order valence-corrected chi connectivity index (χ4v) is 3.02. The largest absolute Gasteiger partial charge is 0.388 e. The number of Topliss-reactive ketones (excluding diaryl/α,β-unsaturated/α-hetero) is 2. The lowest BCUT2D eigenvalue weighted by Crippen LogP contribution is -2.09.